The van der Waals surface area contributed by atoms with E-state index in [2.05, 4.69) is 77.7 Å². The van der Waals surface area contributed by atoms with E-state index in [1.165, 1.54) is 19.6 Å². The summed E-state index contributed by atoms with van der Waals surface area (Å²) in [6.45, 7) is 40.3. The topological polar surface area (TPSA) is 261 Å². The number of halogens is 19. The lowest BCUT2D eigenvalue weighted by Crippen LogP contribution is -2.43. The number of likely N-dealkylation sites (tertiary alicyclic amines) is 1. The van der Waals surface area contributed by atoms with Gasteiger partial charge in [0, 0.05) is 142 Å². The summed E-state index contributed by atoms with van der Waals surface area (Å²) >= 11 is 25.0. The monoisotopic (exact) mass is 2070 g/mol. The van der Waals surface area contributed by atoms with Gasteiger partial charge in [0.15, 0.2) is 28.5 Å². The van der Waals surface area contributed by atoms with Crippen LogP contribution in [0.1, 0.15) is 227 Å². The van der Waals surface area contributed by atoms with E-state index in [1.807, 2.05) is 142 Å². The Labute approximate surface area is 831 Å². The van der Waals surface area contributed by atoms with Crippen molar-refractivity contribution in [3.63, 3.8) is 0 Å². The highest BCUT2D eigenvalue weighted by Gasteiger charge is 2.40. The van der Waals surface area contributed by atoms with Crippen molar-refractivity contribution in [3.8, 4) is 0 Å². The Kier molecular flexibility index (Phi) is 46.0. The molecule has 10 aromatic rings. The lowest BCUT2D eigenvalue weighted by molar-refractivity contribution is -0.142. The summed E-state index contributed by atoms with van der Waals surface area (Å²) in [7, 11) is 0. The van der Waals surface area contributed by atoms with Crippen LogP contribution in [-0.4, -0.2) is 260 Å². The smallest absolute Gasteiger partial charge is 0.333 e. The van der Waals surface area contributed by atoms with Gasteiger partial charge in [0.05, 0.1) is 0 Å². The van der Waals surface area contributed by atoms with E-state index < -0.39 is 88.9 Å². The maximum Gasteiger partial charge on any atom is 0.432 e. The van der Waals surface area contributed by atoms with Gasteiger partial charge in [0.2, 0.25) is 0 Å². The molecule has 25 nitrogen and oxygen atoms in total. The molecule has 0 saturated carbocycles. The van der Waals surface area contributed by atoms with Crippen molar-refractivity contribution in [1.82, 2.24) is 100.0 Å². The van der Waals surface area contributed by atoms with Crippen molar-refractivity contribution in [3.05, 3.63) is 261 Å². The first-order valence-corrected chi connectivity index (χ1v) is 47.8. The van der Waals surface area contributed by atoms with E-state index in [9.17, 15) is 89.8 Å². The van der Waals surface area contributed by atoms with Crippen molar-refractivity contribution in [2.75, 3.05) is 124 Å². The minimum absolute atomic E-state index is 0.0787. The van der Waals surface area contributed by atoms with E-state index in [0.29, 0.717) is 85.4 Å². The van der Waals surface area contributed by atoms with Crippen LogP contribution in [0, 0.1) is 13.8 Å². The first-order chi connectivity index (χ1) is 66.5. The molecule has 141 heavy (non-hydrogen) atoms. The number of aryl methyl sites for hydroxylation is 2. The summed E-state index contributed by atoms with van der Waals surface area (Å²) in [4.78, 5) is 83.1. The van der Waals surface area contributed by atoms with Crippen molar-refractivity contribution >= 4 is 75.9 Å². The standard InChI is InChI=1S/C21H29F3N4O.C19H22ClF3N4O.3C19H24ClF3N4O/c1-5-27(6-2)11-12-28(14-16-9-7-8-10-17(16)15(3)4)20(29)18-13-19(26-25-18)21(22,23)24;1-13(26-8-4-5-9-26)11-27(12-14-6-2-3-7-15(14)20)18(28)16-10-17(25-24-16)19(21,22)23;1-4-26(5-2)8-9-27(12-14-10-13(3)6-7-15(14)20)18(28)16-11-17(25-24-16)19(21,22)23;1-4-26(5-2)9-10-27(12-14-8-6-7-13(3)17(14)20)18(28)15-11-16(25-24-15)19(21,22)23;1-3-26(4-2)10-7-11-27(13-14-8-5-6-9-15(14)20)18(28)16-12-17(25-24-16)19(21,22)23/h7-10,13,15H,5-6,11-12,14H2,1-4H3,(H,25,26);2-3,6-7,10,13H,4-5,8-9,11-12H2,1H3,(H,24,25);6-7,10-11H,4-5,8-9,12H2,1-3H3,(H,24,25);6-8,11H,4-5,9-10,12H2,1-3H3,(H,24,25);5-6,8-9,12H,3-4,7,10-11,13H2,1-2H3,(H,24,25). The number of H-pyrrole nitrogens is 5. The predicted molar refractivity (Wildman–Crippen MR) is 514 cm³/mol. The Morgan fingerprint density at radius 3 is 0.972 bits per heavy atom. The molecule has 0 bridgehead atoms. The molecule has 5 amide bonds. The quantitative estimate of drug-likeness (QED) is 0.0224. The van der Waals surface area contributed by atoms with E-state index in [0.717, 1.165) is 160 Å². The second kappa shape index (κ2) is 55.3. The molecule has 1 fully saturated rings. The Balaban J connectivity index is 0.000000239. The summed E-state index contributed by atoms with van der Waals surface area (Å²) < 4.78 is 193. The Morgan fingerprint density at radius 2 is 0.631 bits per heavy atom. The second-order valence-corrected chi connectivity index (χ2v) is 35.2. The van der Waals surface area contributed by atoms with Gasteiger partial charge in [-0.2, -0.15) is 91.3 Å². The van der Waals surface area contributed by atoms with Crippen LogP contribution in [-0.2, 0) is 63.6 Å². The number of hydrogen-bond donors (Lipinski definition) is 5. The summed E-state index contributed by atoms with van der Waals surface area (Å²) in [5.41, 5.74) is 0.413. The highest BCUT2D eigenvalue weighted by Crippen LogP contribution is 2.35. The van der Waals surface area contributed by atoms with Crippen LogP contribution >= 0.6 is 46.4 Å². The zero-order valence-electron chi connectivity index (χ0n) is 81.0. The van der Waals surface area contributed by atoms with Gasteiger partial charge in [0.1, 0.15) is 28.5 Å². The van der Waals surface area contributed by atoms with Crippen molar-refractivity contribution in [2.45, 2.75) is 185 Å². The molecule has 1 aliphatic heterocycles. The number of nitrogens with zero attached hydrogens (tertiary/aromatic N) is 15. The summed E-state index contributed by atoms with van der Waals surface area (Å²) in [6.07, 6.45) is -20.0. The fourth-order valence-electron chi connectivity index (χ4n) is 15.1. The normalized spacial score (nSPS) is 12.8. The number of benzene rings is 5. The van der Waals surface area contributed by atoms with Gasteiger partial charge in [-0.3, -0.25) is 54.4 Å². The third-order valence-corrected chi connectivity index (χ3v) is 25.3. The fraction of sp³-hybridized carbons (Fsp3) is 0.485. The SMILES string of the molecule is CC(CN(Cc1ccccc1Cl)C(=O)c1cc(C(F)(F)F)[nH]n1)N1CCCC1.CCN(CC)CCCN(Cc1ccccc1Cl)C(=O)c1cc(C(F)(F)F)[nH]n1.CCN(CC)CCN(Cc1cc(C)ccc1Cl)C(=O)c1cc(C(F)(F)F)[nH]n1.CCN(CC)CCN(Cc1cccc(C)c1Cl)C(=O)c1cc(C(F)(F)F)[nH]n1.CCN(CC)CCN(Cc1ccccc1C(C)C)C(=O)c1cc(C(F)(F)F)[nH]n1. The van der Waals surface area contributed by atoms with E-state index >= 15 is 0 Å². The number of amides is 5. The van der Waals surface area contributed by atoms with Gasteiger partial charge >= 0.3 is 30.9 Å². The highest BCUT2D eigenvalue weighted by molar-refractivity contribution is 6.32. The predicted octanol–water partition coefficient (Wildman–Crippen LogP) is 21.9. The minimum Gasteiger partial charge on any atom is -0.333 e. The number of alkyl halides is 15. The van der Waals surface area contributed by atoms with Crippen LogP contribution in [0.4, 0.5) is 65.9 Å². The van der Waals surface area contributed by atoms with E-state index in [4.69, 9.17) is 46.4 Å². The fourth-order valence-corrected chi connectivity index (χ4v) is 15.9. The third-order valence-electron chi connectivity index (χ3n) is 23.6. The number of carbonyl (C=O) groups is 5. The largest absolute Gasteiger partial charge is 0.432 e. The van der Waals surface area contributed by atoms with Crippen molar-refractivity contribution < 1.29 is 89.8 Å². The second-order valence-electron chi connectivity index (χ2n) is 33.6. The molecule has 6 heterocycles. The summed E-state index contributed by atoms with van der Waals surface area (Å²) in [6, 6.07) is 36.8. The van der Waals surface area contributed by atoms with Gasteiger partial charge in [-0.15, -0.1) is 0 Å². The van der Waals surface area contributed by atoms with Gasteiger partial charge in [-0.1, -0.05) is 212 Å². The Hall–Kier alpha value is -10.6. The molecule has 1 atom stereocenters. The molecule has 0 spiro atoms. The molecule has 1 saturated heterocycles. The Bertz CT molecular complexity index is 5460. The number of rotatable bonds is 40. The van der Waals surface area contributed by atoms with Gasteiger partial charge < -0.3 is 44.1 Å². The summed E-state index contributed by atoms with van der Waals surface area (Å²) in [5, 5.41) is 29.5. The average molecular weight is 2080 g/mol. The molecule has 1 unspecified atom stereocenters. The molecular weight excluding hydrogens is 1950 g/mol. The van der Waals surface area contributed by atoms with E-state index in [-0.39, 0.29) is 66.6 Å². The van der Waals surface area contributed by atoms with Crippen LogP contribution in [0.3, 0.4) is 0 Å². The number of carbonyl (C=O) groups excluding carboxylic acids is 5. The maximum absolute atomic E-state index is 13.0. The van der Waals surface area contributed by atoms with Crippen LogP contribution < -0.4 is 0 Å². The molecule has 11 rings (SSSR count). The first-order valence-electron chi connectivity index (χ1n) is 46.3. The number of aromatic amines is 5. The number of nitrogens with one attached hydrogen (secondary N) is 5. The van der Waals surface area contributed by atoms with E-state index in [1.54, 1.807) is 59.5 Å². The number of aromatic nitrogens is 10. The third kappa shape index (κ3) is 36.3. The lowest BCUT2D eigenvalue weighted by atomic mass is 9.97. The molecule has 5 aromatic carbocycles. The Morgan fingerprint density at radius 1 is 0.340 bits per heavy atom. The summed E-state index contributed by atoms with van der Waals surface area (Å²) in [5.74, 6) is -2.51. The zero-order chi connectivity index (χ0) is 104. The number of hydrogen-bond acceptors (Lipinski definition) is 15. The highest BCUT2D eigenvalue weighted by atomic mass is 35.5. The average Bonchev–Trinajstić information content (AvgIpc) is 1.72. The zero-order valence-corrected chi connectivity index (χ0v) is 84.0. The molecule has 0 aliphatic carbocycles. The van der Waals surface area contributed by atoms with Crippen LogP contribution in [0.5, 0.6) is 0 Å². The lowest BCUT2D eigenvalue weighted by Gasteiger charge is -2.30. The van der Waals surface area contributed by atoms with Gasteiger partial charge in [-0.25, -0.2) is 0 Å². The molecule has 44 heteroatoms. The van der Waals surface area contributed by atoms with Crippen LogP contribution in [0.25, 0.3) is 0 Å². The molecule has 1 aliphatic rings. The van der Waals surface area contributed by atoms with Crippen LogP contribution in [0.15, 0.2) is 140 Å². The molecular formula is C97H123Cl4F15N20O5. The molecule has 5 N–H and O–H groups in total. The molecule has 5 aromatic heterocycles. The van der Waals surface area contributed by atoms with Gasteiger partial charge in [-0.05, 0) is 175 Å². The number of likely N-dealkylation sites (N-methyl/N-ethyl adjacent to an activating group) is 3. The van der Waals surface area contributed by atoms with Gasteiger partial charge in [0.25, 0.3) is 29.5 Å². The minimum atomic E-state index is -4.59. The van der Waals surface area contributed by atoms with Crippen LogP contribution in [0.2, 0.25) is 20.1 Å². The molecule has 774 valence electrons. The van der Waals surface area contributed by atoms with Crippen molar-refractivity contribution in [1.29, 1.82) is 0 Å². The maximum atomic E-state index is 13.0. The first kappa shape index (κ1) is 117. The van der Waals surface area contributed by atoms with Crippen molar-refractivity contribution in [2.24, 2.45) is 0 Å². The molecule has 0 radical (unpaired) electrons.